The first kappa shape index (κ1) is 12.7. The highest BCUT2D eigenvalue weighted by Gasteiger charge is 2.37. The Morgan fingerprint density at radius 1 is 1.61 bits per heavy atom. The summed E-state index contributed by atoms with van der Waals surface area (Å²) < 4.78 is 5.09. The summed E-state index contributed by atoms with van der Waals surface area (Å²) in [7, 11) is 1.57. The molecule has 5 heteroatoms. The predicted molar refractivity (Wildman–Crippen MR) is 68.0 cm³/mol. The maximum Gasteiger partial charge on any atom is 0.311 e. The summed E-state index contributed by atoms with van der Waals surface area (Å²) in [4.78, 5) is 17.5. The molecule has 0 aromatic carbocycles. The van der Waals surface area contributed by atoms with Crippen molar-refractivity contribution in [2.45, 2.75) is 19.8 Å². The van der Waals surface area contributed by atoms with Crippen molar-refractivity contribution in [1.82, 2.24) is 4.98 Å². The standard InChI is InChI=1S/C13H18N2O3/c1-13(12(16)17)5-3-7-15(9-13)10-4-6-14-11(8-10)18-2/h4,6,8H,3,5,7,9H2,1-2H3,(H,16,17). The van der Waals surface area contributed by atoms with E-state index in [2.05, 4.69) is 9.88 Å². The first-order valence-electron chi connectivity index (χ1n) is 6.03. The molecule has 2 heterocycles. The zero-order valence-corrected chi connectivity index (χ0v) is 10.7. The minimum absolute atomic E-state index is 0.523. The van der Waals surface area contributed by atoms with E-state index >= 15 is 0 Å². The molecule has 1 unspecified atom stereocenters. The second-order valence-corrected chi connectivity index (χ2v) is 4.95. The number of nitrogens with zero attached hydrogens (tertiary/aromatic N) is 2. The van der Waals surface area contributed by atoms with Crippen molar-refractivity contribution >= 4 is 11.7 Å². The van der Waals surface area contributed by atoms with E-state index in [1.54, 1.807) is 20.2 Å². The minimum Gasteiger partial charge on any atom is -0.481 e. The number of methoxy groups -OCH3 is 1. The molecule has 1 aromatic heterocycles. The van der Waals surface area contributed by atoms with Crippen molar-refractivity contribution < 1.29 is 14.6 Å². The van der Waals surface area contributed by atoms with Gasteiger partial charge in [0, 0.05) is 31.0 Å². The van der Waals surface area contributed by atoms with Gasteiger partial charge in [0.25, 0.3) is 0 Å². The van der Waals surface area contributed by atoms with Crippen molar-refractivity contribution in [3.8, 4) is 5.88 Å². The predicted octanol–water partition coefficient (Wildman–Crippen LogP) is 1.78. The molecule has 1 aliphatic heterocycles. The number of anilines is 1. The second kappa shape index (κ2) is 4.84. The van der Waals surface area contributed by atoms with E-state index in [-0.39, 0.29) is 0 Å². The van der Waals surface area contributed by atoms with Crippen LogP contribution in [0.25, 0.3) is 0 Å². The molecule has 0 spiro atoms. The van der Waals surface area contributed by atoms with Crippen LogP contribution < -0.4 is 9.64 Å². The van der Waals surface area contributed by atoms with Crippen LogP contribution in [0.3, 0.4) is 0 Å². The van der Waals surface area contributed by atoms with Gasteiger partial charge in [0.15, 0.2) is 0 Å². The van der Waals surface area contributed by atoms with Crippen LogP contribution in [0.5, 0.6) is 5.88 Å². The highest BCUT2D eigenvalue weighted by atomic mass is 16.5. The number of carboxylic acids is 1. The lowest BCUT2D eigenvalue weighted by molar-refractivity contribution is -0.148. The number of hydrogen-bond acceptors (Lipinski definition) is 4. The zero-order valence-electron chi connectivity index (χ0n) is 10.7. The van der Waals surface area contributed by atoms with Gasteiger partial charge < -0.3 is 14.7 Å². The molecule has 98 valence electrons. The van der Waals surface area contributed by atoms with Crippen LogP contribution in [-0.2, 0) is 4.79 Å². The van der Waals surface area contributed by atoms with E-state index in [1.165, 1.54) is 0 Å². The molecule has 1 saturated heterocycles. The van der Waals surface area contributed by atoms with E-state index in [9.17, 15) is 9.90 Å². The summed E-state index contributed by atoms with van der Waals surface area (Å²) in [6.45, 7) is 3.20. The Kier molecular flexibility index (Phi) is 3.41. The van der Waals surface area contributed by atoms with Crippen LogP contribution in [0, 0.1) is 5.41 Å². The third kappa shape index (κ3) is 2.39. The van der Waals surface area contributed by atoms with E-state index < -0.39 is 11.4 Å². The normalized spacial score (nSPS) is 23.8. The van der Waals surface area contributed by atoms with Crippen LogP contribution in [0.1, 0.15) is 19.8 Å². The summed E-state index contributed by atoms with van der Waals surface area (Å²) in [6.07, 6.45) is 3.29. The van der Waals surface area contributed by atoms with Gasteiger partial charge in [-0.25, -0.2) is 4.98 Å². The van der Waals surface area contributed by atoms with E-state index in [0.717, 1.165) is 25.1 Å². The van der Waals surface area contributed by atoms with E-state index in [0.29, 0.717) is 12.4 Å². The fourth-order valence-electron chi connectivity index (χ4n) is 2.34. The van der Waals surface area contributed by atoms with Crippen LogP contribution in [0.2, 0.25) is 0 Å². The molecule has 1 aliphatic rings. The summed E-state index contributed by atoms with van der Waals surface area (Å²) >= 11 is 0. The van der Waals surface area contributed by atoms with Crippen molar-refractivity contribution in [3.63, 3.8) is 0 Å². The zero-order chi connectivity index (χ0) is 13.2. The molecular weight excluding hydrogens is 232 g/mol. The summed E-state index contributed by atoms with van der Waals surface area (Å²) in [5.74, 6) is -0.177. The van der Waals surface area contributed by atoms with Crippen LogP contribution in [-0.4, -0.2) is 36.3 Å². The largest absolute Gasteiger partial charge is 0.481 e. The molecule has 1 N–H and O–H groups in total. The molecule has 0 amide bonds. The number of aromatic nitrogens is 1. The van der Waals surface area contributed by atoms with Gasteiger partial charge >= 0.3 is 5.97 Å². The van der Waals surface area contributed by atoms with Crippen molar-refractivity contribution in [2.24, 2.45) is 5.41 Å². The van der Waals surface area contributed by atoms with Gasteiger partial charge in [0.2, 0.25) is 5.88 Å². The minimum atomic E-state index is -0.728. The molecule has 1 fully saturated rings. The molecule has 0 bridgehead atoms. The average molecular weight is 250 g/mol. The topological polar surface area (TPSA) is 62.7 Å². The molecule has 5 nitrogen and oxygen atoms in total. The summed E-state index contributed by atoms with van der Waals surface area (Å²) in [5, 5.41) is 9.30. The quantitative estimate of drug-likeness (QED) is 0.886. The maximum atomic E-state index is 11.3. The van der Waals surface area contributed by atoms with Gasteiger partial charge in [-0.05, 0) is 25.8 Å². The van der Waals surface area contributed by atoms with Crippen molar-refractivity contribution in [3.05, 3.63) is 18.3 Å². The highest BCUT2D eigenvalue weighted by molar-refractivity contribution is 5.75. The molecule has 0 saturated carbocycles. The molecule has 0 radical (unpaired) electrons. The number of carbonyl (C=O) groups is 1. The van der Waals surface area contributed by atoms with E-state index in [4.69, 9.17) is 4.74 Å². The highest BCUT2D eigenvalue weighted by Crippen LogP contribution is 2.33. The first-order chi connectivity index (χ1) is 8.55. The van der Waals surface area contributed by atoms with Crippen molar-refractivity contribution in [2.75, 3.05) is 25.1 Å². The van der Waals surface area contributed by atoms with Crippen LogP contribution in [0.15, 0.2) is 18.3 Å². The third-order valence-electron chi connectivity index (χ3n) is 3.51. The molecule has 0 aliphatic carbocycles. The SMILES string of the molecule is COc1cc(N2CCCC(C)(C(=O)O)C2)ccn1. The molecule has 18 heavy (non-hydrogen) atoms. The number of pyridine rings is 1. The number of aliphatic carboxylic acids is 1. The third-order valence-corrected chi connectivity index (χ3v) is 3.51. The second-order valence-electron chi connectivity index (χ2n) is 4.95. The Morgan fingerprint density at radius 2 is 2.39 bits per heavy atom. The monoisotopic (exact) mass is 250 g/mol. The fraction of sp³-hybridized carbons (Fsp3) is 0.538. The smallest absolute Gasteiger partial charge is 0.311 e. The van der Waals surface area contributed by atoms with Crippen LogP contribution >= 0.6 is 0 Å². The van der Waals surface area contributed by atoms with E-state index in [1.807, 2.05) is 12.1 Å². The van der Waals surface area contributed by atoms with Gasteiger partial charge in [-0.1, -0.05) is 0 Å². The number of carboxylic acid groups (broad SMARTS) is 1. The fourth-order valence-corrected chi connectivity index (χ4v) is 2.34. The Morgan fingerprint density at radius 3 is 3.06 bits per heavy atom. The van der Waals surface area contributed by atoms with Gasteiger partial charge in [-0.15, -0.1) is 0 Å². The summed E-state index contributed by atoms with van der Waals surface area (Å²) in [5.41, 5.74) is 0.295. The summed E-state index contributed by atoms with van der Waals surface area (Å²) in [6, 6.07) is 3.73. The molecule has 1 aromatic rings. The molecule has 1 atom stereocenters. The lowest BCUT2D eigenvalue weighted by atomic mass is 9.82. The van der Waals surface area contributed by atoms with Gasteiger partial charge in [-0.3, -0.25) is 4.79 Å². The Balaban J connectivity index is 2.20. The Labute approximate surface area is 106 Å². The van der Waals surface area contributed by atoms with Gasteiger partial charge in [-0.2, -0.15) is 0 Å². The Hall–Kier alpha value is -1.78. The van der Waals surface area contributed by atoms with Crippen LogP contribution in [0.4, 0.5) is 5.69 Å². The number of piperidine rings is 1. The average Bonchev–Trinajstić information content (AvgIpc) is 2.39. The number of rotatable bonds is 3. The first-order valence-corrected chi connectivity index (χ1v) is 6.03. The van der Waals surface area contributed by atoms with Gasteiger partial charge in [0.1, 0.15) is 0 Å². The number of ether oxygens (including phenoxy) is 1. The van der Waals surface area contributed by atoms with Gasteiger partial charge in [0.05, 0.1) is 12.5 Å². The number of hydrogen-bond donors (Lipinski definition) is 1. The van der Waals surface area contributed by atoms with Crippen molar-refractivity contribution in [1.29, 1.82) is 0 Å². The molecular formula is C13H18N2O3. The molecule has 2 rings (SSSR count). The lowest BCUT2D eigenvalue weighted by Gasteiger charge is -2.38. The maximum absolute atomic E-state index is 11.3. The lowest BCUT2D eigenvalue weighted by Crippen LogP contribution is -2.46. The Bertz CT molecular complexity index is 450.